The molecule has 31 heavy (non-hydrogen) atoms. The average Bonchev–Trinajstić information content (AvgIpc) is 2.97. The van der Waals surface area contributed by atoms with Crippen LogP contribution in [0.4, 0.5) is 0 Å². The lowest BCUT2D eigenvalue weighted by molar-refractivity contribution is -0.161. The van der Waals surface area contributed by atoms with Crippen LogP contribution in [0.1, 0.15) is 48.5 Å². The fraction of sp³-hybridized carbons (Fsp3) is 0.538. The van der Waals surface area contributed by atoms with E-state index in [1.807, 2.05) is 83.2 Å². The predicted octanol–water partition coefficient (Wildman–Crippen LogP) is 4.24. The van der Waals surface area contributed by atoms with Crippen LogP contribution in [0, 0.1) is 16.7 Å². The molecule has 2 heterocycles. The summed E-state index contributed by atoms with van der Waals surface area (Å²) in [4.78, 5) is 24.8. The number of aliphatic hydroxyl groups is 1. The number of carbonyl (C=O) groups is 2. The number of esters is 1. The van der Waals surface area contributed by atoms with Crippen LogP contribution < -0.4 is 0 Å². The number of fused-ring (bicyclic) bond motifs is 2. The minimum Gasteiger partial charge on any atom is -0.460 e. The Morgan fingerprint density at radius 2 is 1.68 bits per heavy atom. The highest BCUT2D eigenvalue weighted by atomic mass is 16.6. The second kappa shape index (κ2) is 8.03. The summed E-state index contributed by atoms with van der Waals surface area (Å²) in [5, 5.41) is 10.3. The maximum atomic E-state index is 12.6. The number of Topliss-reactive ketones (excluding diaryl/α,β-unsaturated/α-hetero) is 1. The van der Waals surface area contributed by atoms with E-state index in [1.165, 1.54) is 0 Å². The van der Waals surface area contributed by atoms with E-state index in [4.69, 9.17) is 9.47 Å². The molecule has 1 N–H and O–H groups in total. The summed E-state index contributed by atoms with van der Waals surface area (Å²) in [6.45, 7) is 13.1. The first kappa shape index (κ1) is 23.4. The topological polar surface area (TPSA) is 72.8 Å². The molecule has 0 aromatic heterocycles. The van der Waals surface area contributed by atoms with E-state index in [0.29, 0.717) is 0 Å². The molecular weight excluding hydrogens is 392 g/mol. The Balaban J connectivity index is 1.64. The molecule has 0 aromatic rings. The molecule has 1 aliphatic carbocycles. The van der Waals surface area contributed by atoms with Crippen LogP contribution in [-0.4, -0.2) is 40.8 Å². The Morgan fingerprint density at radius 1 is 1.06 bits per heavy atom. The summed E-state index contributed by atoms with van der Waals surface area (Å²) in [6.07, 6.45) is 14.5. The van der Waals surface area contributed by atoms with Crippen LogP contribution in [0.5, 0.6) is 0 Å². The smallest absolute Gasteiger partial charge is 0.320 e. The van der Waals surface area contributed by atoms with Gasteiger partial charge in [0.2, 0.25) is 0 Å². The van der Waals surface area contributed by atoms with Crippen molar-refractivity contribution >= 4 is 11.8 Å². The maximum absolute atomic E-state index is 12.6. The Morgan fingerprint density at radius 3 is 2.32 bits per heavy atom. The lowest BCUT2D eigenvalue weighted by atomic mass is 9.68. The summed E-state index contributed by atoms with van der Waals surface area (Å²) in [5.41, 5.74) is -0.633. The van der Waals surface area contributed by atoms with Crippen molar-refractivity contribution in [3.05, 3.63) is 59.8 Å². The summed E-state index contributed by atoms with van der Waals surface area (Å²) < 4.78 is 11.5. The van der Waals surface area contributed by atoms with Crippen molar-refractivity contribution in [2.75, 3.05) is 0 Å². The first-order valence-electron chi connectivity index (χ1n) is 10.9. The van der Waals surface area contributed by atoms with E-state index in [0.717, 1.165) is 11.1 Å². The number of allylic oxidation sites excluding steroid dienone is 6. The van der Waals surface area contributed by atoms with Crippen LogP contribution in [0.15, 0.2) is 59.8 Å². The number of hydrogen-bond donors (Lipinski definition) is 1. The lowest BCUT2D eigenvalue weighted by Crippen LogP contribution is -2.44. The first-order valence-corrected chi connectivity index (χ1v) is 10.9. The van der Waals surface area contributed by atoms with Gasteiger partial charge in [0, 0.05) is 5.41 Å². The van der Waals surface area contributed by atoms with Crippen molar-refractivity contribution in [1.82, 2.24) is 0 Å². The highest BCUT2D eigenvalue weighted by Gasteiger charge is 2.73. The second-order valence-electron chi connectivity index (χ2n) is 9.70. The van der Waals surface area contributed by atoms with Crippen LogP contribution >= 0.6 is 0 Å². The zero-order valence-corrected chi connectivity index (χ0v) is 19.5. The molecule has 0 aromatic carbocycles. The van der Waals surface area contributed by atoms with Crippen molar-refractivity contribution in [1.29, 1.82) is 0 Å². The van der Waals surface area contributed by atoms with Gasteiger partial charge in [0.25, 0.3) is 0 Å². The molecule has 1 saturated carbocycles. The molecule has 2 aliphatic heterocycles. The van der Waals surface area contributed by atoms with E-state index in [-0.39, 0.29) is 23.9 Å². The summed E-state index contributed by atoms with van der Waals surface area (Å²) >= 11 is 0. The van der Waals surface area contributed by atoms with Gasteiger partial charge in [-0.05, 0) is 51.8 Å². The molecule has 2 bridgehead atoms. The maximum Gasteiger partial charge on any atom is 0.320 e. The average molecular weight is 427 g/mol. The van der Waals surface area contributed by atoms with Crippen LogP contribution in [0.3, 0.4) is 0 Å². The predicted molar refractivity (Wildman–Crippen MR) is 120 cm³/mol. The normalized spacial score (nSPS) is 43.5. The highest BCUT2D eigenvalue weighted by Crippen LogP contribution is 2.60. The molecule has 2 unspecified atom stereocenters. The fourth-order valence-corrected chi connectivity index (χ4v) is 5.01. The van der Waals surface area contributed by atoms with Gasteiger partial charge in [0.05, 0.1) is 18.1 Å². The fourth-order valence-electron chi connectivity index (χ4n) is 5.01. The Bertz CT molecular complexity index is 918. The van der Waals surface area contributed by atoms with Crippen LogP contribution in [0.25, 0.3) is 0 Å². The van der Waals surface area contributed by atoms with Gasteiger partial charge < -0.3 is 14.6 Å². The molecule has 3 rings (SSSR count). The summed E-state index contributed by atoms with van der Waals surface area (Å²) in [6, 6.07) is 0. The number of carbonyl (C=O) groups excluding carboxylic acids is 2. The van der Waals surface area contributed by atoms with Crippen LogP contribution in [-0.2, 0) is 19.1 Å². The third-order valence-corrected chi connectivity index (χ3v) is 7.43. The molecule has 5 nitrogen and oxygen atoms in total. The second-order valence-corrected chi connectivity index (χ2v) is 9.70. The van der Waals surface area contributed by atoms with E-state index in [1.54, 1.807) is 13.8 Å². The SMILES string of the molecule is CC1=C[C@@](C)(O)[C@@H](C)O[C@H]1/C(C)=C/C=C/C=C/C=C/C1(C)C2OC(=O)[C@]1(C)C(=O)[C@@H]2C. The minimum absolute atomic E-state index is 0.0320. The zero-order chi connectivity index (χ0) is 23.2. The summed E-state index contributed by atoms with van der Waals surface area (Å²) in [7, 11) is 0. The molecular formula is C26H34O5. The standard InChI is InChI=1S/C26H34O5/c1-16(20-17(2)15-25(6,29)19(4)30-20)13-11-9-8-10-12-14-24(5)22-18(3)21(27)26(24,7)23(28)31-22/h8-15,18-20,22,29H,1-7H3/b10-8+,11-9+,14-12+,16-13+/t18-,19+,20-,22?,24?,25+,26-/m0/s1. The molecule has 3 aliphatic rings. The minimum atomic E-state index is -1.11. The lowest BCUT2D eigenvalue weighted by Gasteiger charge is -2.37. The van der Waals surface area contributed by atoms with Gasteiger partial charge in [-0.25, -0.2) is 0 Å². The zero-order valence-electron chi connectivity index (χ0n) is 19.5. The van der Waals surface area contributed by atoms with E-state index in [2.05, 4.69) is 0 Å². The van der Waals surface area contributed by atoms with Crippen molar-refractivity contribution in [2.45, 2.75) is 72.4 Å². The van der Waals surface area contributed by atoms with Crippen molar-refractivity contribution in [3.8, 4) is 0 Å². The quantitative estimate of drug-likeness (QED) is 0.308. The Hall–Kier alpha value is -2.24. The molecule has 5 heteroatoms. The van der Waals surface area contributed by atoms with Crippen molar-refractivity contribution in [3.63, 3.8) is 0 Å². The molecule has 1 saturated heterocycles. The van der Waals surface area contributed by atoms with Gasteiger partial charge in [-0.1, -0.05) is 56.4 Å². The van der Waals surface area contributed by atoms with Crippen molar-refractivity contribution in [2.24, 2.45) is 16.7 Å². The van der Waals surface area contributed by atoms with E-state index >= 15 is 0 Å². The number of ether oxygens (including phenoxy) is 2. The third-order valence-electron chi connectivity index (χ3n) is 7.43. The van der Waals surface area contributed by atoms with Gasteiger partial charge in [-0.3, -0.25) is 9.59 Å². The number of hydrogen-bond acceptors (Lipinski definition) is 5. The highest BCUT2D eigenvalue weighted by molar-refractivity contribution is 6.10. The molecule has 168 valence electrons. The monoisotopic (exact) mass is 426 g/mol. The molecule has 0 radical (unpaired) electrons. The third kappa shape index (κ3) is 3.68. The Kier molecular flexibility index (Phi) is 6.07. The van der Waals surface area contributed by atoms with Gasteiger partial charge in [-0.15, -0.1) is 0 Å². The molecule has 2 fully saturated rings. The van der Waals surface area contributed by atoms with E-state index < -0.39 is 28.5 Å². The molecule has 7 atom stereocenters. The molecule has 0 amide bonds. The summed E-state index contributed by atoms with van der Waals surface area (Å²) in [5.74, 6) is -0.724. The van der Waals surface area contributed by atoms with Gasteiger partial charge >= 0.3 is 5.97 Å². The number of ketones is 1. The molecule has 0 spiro atoms. The van der Waals surface area contributed by atoms with Gasteiger partial charge in [0.15, 0.2) is 5.78 Å². The first-order chi connectivity index (χ1) is 14.4. The Labute approximate surface area is 185 Å². The van der Waals surface area contributed by atoms with Gasteiger partial charge in [-0.2, -0.15) is 0 Å². The van der Waals surface area contributed by atoms with Gasteiger partial charge in [0.1, 0.15) is 17.1 Å². The van der Waals surface area contributed by atoms with E-state index in [9.17, 15) is 14.7 Å². The number of rotatable bonds is 5. The van der Waals surface area contributed by atoms with Crippen molar-refractivity contribution < 1.29 is 24.2 Å². The van der Waals surface area contributed by atoms with Crippen LogP contribution in [0.2, 0.25) is 0 Å². The largest absolute Gasteiger partial charge is 0.460 e.